The Balaban J connectivity index is 1.54. The molecule has 1 amide bonds. The molecule has 0 radical (unpaired) electrons. The van der Waals surface area contributed by atoms with Crippen LogP contribution in [0.25, 0.3) is 0 Å². The monoisotopic (exact) mass is 419 g/mol. The summed E-state index contributed by atoms with van der Waals surface area (Å²) in [6, 6.07) is 9.82. The van der Waals surface area contributed by atoms with Crippen LogP contribution in [0.5, 0.6) is 5.75 Å². The van der Waals surface area contributed by atoms with Crippen molar-refractivity contribution >= 4 is 35.0 Å². The third kappa shape index (κ3) is 5.85. The molecule has 2 aromatic carbocycles. The number of rotatable bonds is 7. The van der Waals surface area contributed by atoms with Gasteiger partial charge in [-0.05, 0) is 48.0 Å². The molecule has 0 aliphatic carbocycles. The highest BCUT2D eigenvalue weighted by Crippen LogP contribution is 2.22. The number of amidine groups is 1. The first-order valence-corrected chi connectivity index (χ1v) is 9.26. The van der Waals surface area contributed by atoms with Crippen molar-refractivity contribution in [3.63, 3.8) is 0 Å². The molecule has 2 aromatic rings. The molecule has 3 rings (SSSR count). The van der Waals surface area contributed by atoms with E-state index in [-0.39, 0.29) is 23.8 Å². The third-order valence-electron chi connectivity index (χ3n) is 3.77. The number of nitrogens with zero attached hydrogens (tertiary/aromatic N) is 2. The summed E-state index contributed by atoms with van der Waals surface area (Å²) < 4.78 is 32.2. The number of hydrogen-bond acceptors (Lipinski definition) is 6. The molecule has 1 aliphatic heterocycles. The second-order valence-corrected chi connectivity index (χ2v) is 7.13. The second-order valence-electron chi connectivity index (χ2n) is 5.94. The van der Waals surface area contributed by atoms with Gasteiger partial charge in [0.1, 0.15) is 29.2 Å². The standard InChI is InChI=1S/C19H15F2N3O4S/c20-13-3-6-15(21)12(7-13)10-28-14-4-1-11(2-5-14)9-22-24-19-23-18(27)16(29-19)8-17(25)26/h1-7,9,16H,8,10H2,(H,25,26)(H,23,24,27). The van der Waals surface area contributed by atoms with E-state index >= 15 is 0 Å². The molecule has 7 nitrogen and oxygen atoms in total. The number of hydrogen-bond donors (Lipinski definition) is 2. The van der Waals surface area contributed by atoms with Gasteiger partial charge in [-0.25, -0.2) is 8.78 Å². The Kier molecular flexibility index (Phi) is 6.55. The van der Waals surface area contributed by atoms with Crippen molar-refractivity contribution in [2.45, 2.75) is 18.3 Å². The summed E-state index contributed by atoms with van der Waals surface area (Å²) >= 11 is 1.01. The number of aliphatic carboxylic acids is 1. The zero-order valence-electron chi connectivity index (χ0n) is 14.8. The lowest BCUT2D eigenvalue weighted by molar-refractivity contribution is -0.138. The van der Waals surface area contributed by atoms with Crippen LogP contribution in [0.15, 0.2) is 52.7 Å². The van der Waals surface area contributed by atoms with E-state index in [2.05, 4.69) is 15.5 Å². The number of carboxylic acid groups (broad SMARTS) is 1. The maximum absolute atomic E-state index is 13.6. The van der Waals surface area contributed by atoms with Gasteiger partial charge in [-0.1, -0.05) is 11.8 Å². The minimum Gasteiger partial charge on any atom is -0.489 e. The molecule has 1 saturated heterocycles. The summed E-state index contributed by atoms with van der Waals surface area (Å²) in [6.07, 6.45) is 1.15. The van der Waals surface area contributed by atoms with Gasteiger partial charge in [0.05, 0.1) is 12.6 Å². The highest BCUT2D eigenvalue weighted by Gasteiger charge is 2.32. The van der Waals surface area contributed by atoms with E-state index < -0.39 is 28.8 Å². The molecule has 1 fully saturated rings. The molecule has 29 heavy (non-hydrogen) atoms. The summed E-state index contributed by atoms with van der Waals surface area (Å²) in [7, 11) is 0. The Morgan fingerprint density at radius 3 is 2.72 bits per heavy atom. The molecule has 1 atom stereocenters. The molecule has 2 N–H and O–H groups in total. The number of carbonyl (C=O) groups is 2. The van der Waals surface area contributed by atoms with Crippen LogP contribution in [0.1, 0.15) is 17.5 Å². The van der Waals surface area contributed by atoms with E-state index in [0.29, 0.717) is 11.3 Å². The molecule has 0 saturated carbocycles. The van der Waals surface area contributed by atoms with Crippen LogP contribution < -0.4 is 10.1 Å². The smallest absolute Gasteiger partial charge is 0.305 e. The van der Waals surface area contributed by atoms with Crippen LogP contribution in [-0.4, -0.2) is 33.6 Å². The van der Waals surface area contributed by atoms with Crippen molar-refractivity contribution in [2.75, 3.05) is 0 Å². The maximum Gasteiger partial charge on any atom is 0.305 e. The van der Waals surface area contributed by atoms with E-state index in [4.69, 9.17) is 9.84 Å². The molecular formula is C19H15F2N3O4S. The van der Waals surface area contributed by atoms with Crippen molar-refractivity contribution in [2.24, 2.45) is 10.2 Å². The number of carbonyl (C=O) groups excluding carboxylic acids is 1. The van der Waals surface area contributed by atoms with Gasteiger partial charge < -0.3 is 15.2 Å². The van der Waals surface area contributed by atoms with Crippen LogP contribution in [0.4, 0.5) is 8.78 Å². The second kappa shape index (κ2) is 9.28. The lowest BCUT2D eigenvalue weighted by atomic mass is 10.2. The topological polar surface area (TPSA) is 100 Å². The highest BCUT2D eigenvalue weighted by molar-refractivity contribution is 8.15. The largest absolute Gasteiger partial charge is 0.489 e. The normalized spacial score (nSPS) is 17.7. The van der Waals surface area contributed by atoms with Gasteiger partial charge in [0.15, 0.2) is 5.17 Å². The van der Waals surface area contributed by atoms with Gasteiger partial charge in [-0.15, -0.1) is 5.10 Å². The number of thioether (sulfide) groups is 1. The number of carboxylic acids is 1. The predicted octanol–water partition coefficient (Wildman–Crippen LogP) is 2.94. The van der Waals surface area contributed by atoms with Gasteiger partial charge in [-0.3, -0.25) is 9.59 Å². The fourth-order valence-electron chi connectivity index (χ4n) is 2.36. The molecular weight excluding hydrogens is 404 g/mol. The summed E-state index contributed by atoms with van der Waals surface area (Å²) in [5.41, 5.74) is 0.804. The molecule has 0 bridgehead atoms. The first-order valence-electron chi connectivity index (χ1n) is 8.38. The van der Waals surface area contributed by atoms with Crippen LogP contribution in [0.2, 0.25) is 0 Å². The Morgan fingerprint density at radius 1 is 1.24 bits per heavy atom. The number of benzene rings is 2. The van der Waals surface area contributed by atoms with E-state index in [1.165, 1.54) is 6.21 Å². The summed E-state index contributed by atoms with van der Waals surface area (Å²) in [4.78, 5) is 22.3. The van der Waals surface area contributed by atoms with Gasteiger partial charge >= 0.3 is 5.97 Å². The predicted molar refractivity (Wildman–Crippen MR) is 104 cm³/mol. The molecule has 1 aliphatic rings. The average molecular weight is 419 g/mol. The van der Waals surface area contributed by atoms with Gasteiger partial charge in [0.2, 0.25) is 5.91 Å². The van der Waals surface area contributed by atoms with Crippen molar-refractivity contribution < 1.29 is 28.2 Å². The van der Waals surface area contributed by atoms with Crippen molar-refractivity contribution in [3.05, 3.63) is 65.2 Å². The molecule has 1 unspecified atom stereocenters. The lowest BCUT2D eigenvalue weighted by Gasteiger charge is -2.07. The maximum atomic E-state index is 13.6. The minimum atomic E-state index is -1.06. The highest BCUT2D eigenvalue weighted by atomic mass is 32.2. The number of halogens is 2. The van der Waals surface area contributed by atoms with E-state index in [9.17, 15) is 18.4 Å². The average Bonchev–Trinajstić information content (AvgIpc) is 3.02. The molecule has 1 heterocycles. The SMILES string of the molecule is O=C(O)CC1SC(=NN=Cc2ccc(OCc3cc(F)ccc3F)cc2)NC1=O. The Hall–Kier alpha value is -3.27. The number of amides is 1. The summed E-state index contributed by atoms with van der Waals surface area (Å²) in [5, 5.41) is 18.4. The van der Waals surface area contributed by atoms with Crippen LogP contribution in [0.3, 0.4) is 0 Å². The molecule has 0 aromatic heterocycles. The van der Waals surface area contributed by atoms with Crippen molar-refractivity contribution in [3.8, 4) is 5.75 Å². The third-order valence-corrected chi connectivity index (χ3v) is 4.85. The summed E-state index contributed by atoms with van der Waals surface area (Å²) in [5.74, 6) is -2.10. The van der Waals surface area contributed by atoms with Crippen molar-refractivity contribution in [1.82, 2.24) is 5.32 Å². The van der Waals surface area contributed by atoms with E-state index in [0.717, 1.165) is 30.0 Å². The van der Waals surface area contributed by atoms with Crippen LogP contribution in [-0.2, 0) is 16.2 Å². The zero-order valence-corrected chi connectivity index (χ0v) is 15.7. The van der Waals surface area contributed by atoms with E-state index in [1.54, 1.807) is 24.3 Å². The fraction of sp³-hybridized carbons (Fsp3) is 0.158. The first-order chi connectivity index (χ1) is 13.9. The Bertz CT molecular complexity index is 980. The quantitative estimate of drug-likeness (QED) is 0.531. The van der Waals surface area contributed by atoms with Crippen molar-refractivity contribution in [1.29, 1.82) is 0 Å². The first kappa shape index (κ1) is 20.5. The molecule has 150 valence electrons. The van der Waals surface area contributed by atoms with Gasteiger partial charge in [0, 0.05) is 5.56 Å². The lowest BCUT2D eigenvalue weighted by Crippen LogP contribution is -2.26. The van der Waals surface area contributed by atoms with Gasteiger partial charge in [-0.2, -0.15) is 5.10 Å². The zero-order chi connectivity index (χ0) is 20.8. The molecule has 0 spiro atoms. The fourth-order valence-corrected chi connectivity index (χ4v) is 3.27. The Morgan fingerprint density at radius 2 is 2.00 bits per heavy atom. The van der Waals surface area contributed by atoms with Crippen LogP contribution in [0, 0.1) is 11.6 Å². The van der Waals surface area contributed by atoms with Crippen LogP contribution >= 0.6 is 11.8 Å². The number of ether oxygens (including phenoxy) is 1. The Labute approximate surface area is 168 Å². The van der Waals surface area contributed by atoms with Gasteiger partial charge in [0.25, 0.3) is 0 Å². The number of nitrogens with one attached hydrogen (secondary N) is 1. The summed E-state index contributed by atoms with van der Waals surface area (Å²) in [6.45, 7) is -0.112. The minimum absolute atomic E-state index is 0.112. The molecule has 10 heteroatoms. The van der Waals surface area contributed by atoms with E-state index in [1.807, 2.05) is 0 Å².